The summed E-state index contributed by atoms with van der Waals surface area (Å²) in [5, 5.41) is 14.6. The smallest absolute Gasteiger partial charge is 0.185 e. The molecule has 4 nitrogen and oxygen atoms in total. The van der Waals surface area contributed by atoms with E-state index in [0.717, 1.165) is 30.3 Å². The molecule has 0 saturated heterocycles. The van der Waals surface area contributed by atoms with Crippen molar-refractivity contribution < 1.29 is 5.11 Å². The minimum Gasteiger partial charge on any atom is -0.387 e. The van der Waals surface area contributed by atoms with Crippen LogP contribution in [-0.4, -0.2) is 29.7 Å². The van der Waals surface area contributed by atoms with Crippen LogP contribution in [0, 0.1) is 6.92 Å². The second kappa shape index (κ2) is 8.27. The number of hydrogen-bond donors (Lipinski definition) is 2. The number of benzene rings is 1. The zero-order chi connectivity index (χ0) is 15.9. The molecule has 22 heavy (non-hydrogen) atoms. The van der Waals surface area contributed by atoms with Gasteiger partial charge in [0, 0.05) is 37.3 Å². The molecule has 2 aromatic rings. The van der Waals surface area contributed by atoms with Crippen LogP contribution < -0.4 is 10.2 Å². The number of aliphatic hydroxyl groups excluding tert-OH is 1. The summed E-state index contributed by atoms with van der Waals surface area (Å²) in [7, 11) is 0. The minimum atomic E-state index is -0.477. The Morgan fingerprint density at radius 3 is 2.77 bits per heavy atom. The van der Waals surface area contributed by atoms with Gasteiger partial charge in [-0.3, -0.25) is 0 Å². The molecular weight excluding hydrogens is 294 g/mol. The molecule has 0 amide bonds. The summed E-state index contributed by atoms with van der Waals surface area (Å²) in [6.07, 6.45) is 1.44. The summed E-state index contributed by atoms with van der Waals surface area (Å²) in [4.78, 5) is 7.91. The van der Waals surface area contributed by atoms with Crippen LogP contribution in [0.15, 0.2) is 30.5 Å². The Balaban J connectivity index is 1.83. The minimum absolute atomic E-state index is 0.477. The van der Waals surface area contributed by atoms with E-state index in [1.54, 1.807) is 11.3 Å². The molecule has 0 spiro atoms. The van der Waals surface area contributed by atoms with Gasteiger partial charge in [0.25, 0.3) is 0 Å². The van der Waals surface area contributed by atoms with E-state index in [-0.39, 0.29) is 0 Å². The van der Waals surface area contributed by atoms with Crippen molar-refractivity contribution >= 4 is 16.5 Å². The lowest BCUT2D eigenvalue weighted by Gasteiger charge is -2.16. The summed E-state index contributed by atoms with van der Waals surface area (Å²) in [5.41, 5.74) is 2.13. The average molecular weight is 319 g/mol. The molecule has 0 bridgehead atoms. The van der Waals surface area contributed by atoms with E-state index in [1.807, 2.05) is 37.4 Å². The third kappa shape index (κ3) is 4.53. The van der Waals surface area contributed by atoms with Crippen LogP contribution >= 0.6 is 11.3 Å². The normalized spacial score (nSPS) is 12.4. The first kappa shape index (κ1) is 16.9. The summed E-state index contributed by atoms with van der Waals surface area (Å²) >= 11 is 1.71. The van der Waals surface area contributed by atoms with Gasteiger partial charge in [-0.2, -0.15) is 0 Å². The van der Waals surface area contributed by atoms with Crippen LogP contribution in [0.5, 0.6) is 0 Å². The molecule has 1 atom stereocenters. The standard InChI is InChI=1S/C17H25N3OS/c1-4-20(5-2)17-19-11-15(22-17)10-18-12-16(21)14-8-6-7-13(3)9-14/h6-9,11,16,18,21H,4-5,10,12H2,1-3H3. The van der Waals surface area contributed by atoms with Crippen molar-refractivity contribution in [2.24, 2.45) is 0 Å². The third-order valence-electron chi connectivity index (χ3n) is 3.64. The van der Waals surface area contributed by atoms with Crippen LogP contribution in [0.4, 0.5) is 5.13 Å². The highest BCUT2D eigenvalue weighted by Gasteiger charge is 2.09. The van der Waals surface area contributed by atoms with Gasteiger partial charge in [0.1, 0.15) is 0 Å². The zero-order valence-electron chi connectivity index (χ0n) is 13.5. The van der Waals surface area contributed by atoms with Gasteiger partial charge in [-0.15, -0.1) is 11.3 Å². The van der Waals surface area contributed by atoms with Gasteiger partial charge < -0.3 is 15.3 Å². The highest BCUT2D eigenvalue weighted by molar-refractivity contribution is 7.15. The van der Waals surface area contributed by atoms with Gasteiger partial charge in [0.15, 0.2) is 5.13 Å². The third-order valence-corrected chi connectivity index (χ3v) is 4.70. The highest BCUT2D eigenvalue weighted by Crippen LogP contribution is 2.22. The molecule has 1 aromatic heterocycles. The van der Waals surface area contributed by atoms with Crippen molar-refractivity contribution in [1.29, 1.82) is 0 Å². The molecule has 0 saturated carbocycles. The highest BCUT2D eigenvalue weighted by atomic mass is 32.1. The Labute approximate surface area is 136 Å². The van der Waals surface area contributed by atoms with Gasteiger partial charge in [-0.05, 0) is 26.3 Å². The maximum atomic E-state index is 10.2. The molecule has 5 heteroatoms. The number of thiazole rings is 1. The fraction of sp³-hybridized carbons (Fsp3) is 0.471. The Hall–Kier alpha value is -1.43. The first-order valence-corrected chi connectivity index (χ1v) is 8.60. The molecule has 0 aliphatic heterocycles. The van der Waals surface area contributed by atoms with E-state index in [1.165, 1.54) is 10.4 Å². The summed E-state index contributed by atoms with van der Waals surface area (Å²) in [6.45, 7) is 9.55. The second-order valence-electron chi connectivity index (χ2n) is 5.34. The lowest BCUT2D eigenvalue weighted by atomic mass is 10.1. The fourth-order valence-electron chi connectivity index (χ4n) is 2.35. The molecule has 2 N–H and O–H groups in total. The summed E-state index contributed by atoms with van der Waals surface area (Å²) in [5.74, 6) is 0. The molecule has 0 fully saturated rings. The topological polar surface area (TPSA) is 48.4 Å². The lowest BCUT2D eigenvalue weighted by Crippen LogP contribution is -2.21. The van der Waals surface area contributed by atoms with Gasteiger partial charge in [-0.1, -0.05) is 29.8 Å². The molecule has 0 aliphatic carbocycles. The monoisotopic (exact) mass is 319 g/mol. The van der Waals surface area contributed by atoms with E-state index in [4.69, 9.17) is 0 Å². The van der Waals surface area contributed by atoms with Crippen LogP contribution in [-0.2, 0) is 6.54 Å². The quantitative estimate of drug-likeness (QED) is 0.785. The maximum absolute atomic E-state index is 10.2. The number of anilines is 1. The molecule has 0 aliphatic rings. The van der Waals surface area contributed by atoms with Crippen molar-refractivity contribution in [2.45, 2.75) is 33.4 Å². The largest absolute Gasteiger partial charge is 0.387 e. The molecule has 1 aromatic carbocycles. The summed E-state index contributed by atoms with van der Waals surface area (Å²) in [6, 6.07) is 8.01. The summed E-state index contributed by atoms with van der Waals surface area (Å²) < 4.78 is 0. The number of nitrogens with zero attached hydrogens (tertiary/aromatic N) is 2. The molecular formula is C17H25N3OS. The SMILES string of the molecule is CCN(CC)c1ncc(CNCC(O)c2cccc(C)c2)s1. The van der Waals surface area contributed by atoms with Crippen LogP contribution in [0.25, 0.3) is 0 Å². The van der Waals surface area contributed by atoms with Gasteiger partial charge >= 0.3 is 0 Å². The van der Waals surface area contributed by atoms with E-state index in [0.29, 0.717) is 6.54 Å². The van der Waals surface area contributed by atoms with Crippen molar-refractivity contribution in [3.05, 3.63) is 46.5 Å². The van der Waals surface area contributed by atoms with Crippen molar-refractivity contribution in [3.8, 4) is 0 Å². The second-order valence-corrected chi connectivity index (χ2v) is 6.44. The van der Waals surface area contributed by atoms with Crippen LogP contribution in [0.1, 0.15) is 36.0 Å². The zero-order valence-corrected chi connectivity index (χ0v) is 14.4. The fourth-order valence-corrected chi connectivity index (χ4v) is 3.35. The van der Waals surface area contributed by atoms with Gasteiger partial charge in [-0.25, -0.2) is 4.98 Å². The van der Waals surface area contributed by atoms with E-state index in [2.05, 4.69) is 29.0 Å². The number of nitrogens with one attached hydrogen (secondary N) is 1. The molecule has 1 unspecified atom stereocenters. The first-order valence-electron chi connectivity index (χ1n) is 7.79. The van der Waals surface area contributed by atoms with E-state index in [9.17, 15) is 5.11 Å². The van der Waals surface area contributed by atoms with Gasteiger partial charge in [0.2, 0.25) is 0 Å². The van der Waals surface area contributed by atoms with Crippen molar-refractivity contribution in [3.63, 3.8) is 0 Å². The Morgan fingerprint density at radius 2 is 2.09 bits per heavy atom. The van der Waals surface area contributed by atoms with Crippen molar-refractivity contribution in [1.82, 2.24) is 10.3 Å². The van der Waals surface area contributed by atoms with E-state index >= 15 is 0 Å². The predicted octanol–water partition coefficient (Wildman–Crippen LogP) is 3.12. The van der Waals surface area contributed by atoms with Gasteiger partial charge in [0.05, 0.1) is 6.10 Å². The average Bonchev–Trinajstić information content (AvgIpc) is 2.97. The Kier molecular flexibility index (Phi) is 6.36. The van der Waals surface area contributed by atoms with Crippen molar-refractivity contribution in [2.75, 3.05) is 24.5 Å². The number of aliphatic hydroxyl groups is 1. The number of aromatic nitrogens is 1. The lowest BCUT2D eigenvalue weighted by molar-refractivity contribution is 0.174. The van der Waals surface area contributed by atoms with E-state index < -0.39 is 6.10 Å². The first-order chi connectivity index (χ1) is 10.6. The number of rotatable bonds is 8. The van der Waals surface area contributed by atoms with Crippen LogP contribution in [0.2, 0.25) is 0 Å². The Bertz CT molecular complexity index is 581. The Morgan fingerprint density at radius 1 is 1.32 bits per heavy atom. The number of aryl methyl sites for hydroxylation is 1. The molecule has 0 radical (unpaired) electrons. The predicted molar refractivity (Wildman–Crippen MR) is 93.5 cm³/mol. The molecule has 1 heterocycles. The molecule has 2 rings (SSSR count). The number of hydrogen-bond acceptors (Lipinski definition) is 5. The molecule has 120 valence electrons. The van der Waals surface area contributed by atoms with Crippen LogP contribution in [0.3, 0.4) is 0 Å². The maximum Gasteiger partial charge on any atom is 0.185 e.